The van der Waals surface area contributed by atoms with Crippen molar-refractivity contribution in [3.63, 3.8) is 0 Å². The third-order valence-electron chi connectivity index (χ3n) is 0.896. The zero-order valence-electron chi connectivity index (χ0n) is 5.57. The summed E-state index contributed by atoms with van der Waals surface area (Å²) >= 11 is 1.20. The number of carbonyl (C=O) groups excluding carboxylic acids is 1. The van der Waals surface area contributed by atoms with Gasteiger partial charge in [-0.1, -0.05) is 11.8 Å². The van der Waals surface area contributed by atoms with E-state index in [2.05, 4.69) is 4.98 Å². The summed E-state index contributed by atoms with van der Waals surface area (Å²) in [6, 6.07) is 3.67. The molecule has 0 radical (unpaired) electrons. The van der Waals surface area contributed by atoms with Gasteiger partial charge in [-0.3, -0.25) is 9.78 Å². The number of carbonyl (C=O) groups is 1. The third-order valence-corrected chi connectivity index (χ3v) is 1.66. The summed E-state index contributed by atoms with van der Waals surface area (Å²) < 4.78 is 0. The lowest BCUT2D eigenvalue weighted by Gasteiger charge is -1.92. The summed E-state index contributed by atoms with van der Waals surface area (Å²) in [5, 5.41) is 0.0907. The molecule has 0 aromatic carbocycles. The fraction of sp³-hybridized carbons (Fsp3) is 0.143. The van der Waals surface area contributed by atoms with E-state index in [1.54, 1.807) is 12.4 Å². The Kier molecular flexibility index (Phi) is 2.45. The van der Waals surface area contributed by atoms with Crippen LogP contribution < -0.4 is 0 Å². The summed E-state index contributed by atoms with van der Waals surface area (Å²) in [7, 11) is 0. The molecule has 52 valence electrons. The highest BCUT2D eigenvalue weighted by atomic mass is 32.2. The molecule has 0 unspecified atom stereocenters. The highest BCUT2D eigenvalue weighted by Crippen LogP contribution is 2.15. The van der Waals surface area contributed by atoms with Crippen molar-refractivity contribution in [1.82, 2.24) is 4.98 Å². The van der Waals surface area contributed by atoms with Crippen molar-refractivity contribution >= 4 is 16.9 Å². The lowest BCUT2D eigenvalue weighted by atomic mass is 10.5. The van der Waals surface area contributed by atoms with Crippen LogP contribution in [0.2, 0.25) is 0 Å². The maximum atomic E-state index is 10.5. The quantitative estimate of drug-likeness (QED) is 0.575. The van der Waals surface area contributed by atoms with E-state index in [4.69, 9.17) is 0 Å². The second-order valence-electron chi connectivity index (χ2n) is 1.78. The zero-order valence-corrected chi connectivity index (χ0v) is 6.39. The molecule has 0 saturated heterocycles. The van der Waals surface area contributed by atoms with Gasteiger partial charge in [0.05, 0.1) is 0 Å². The van der Waals surface area contributed by atoms with Gasteiger partial charge < -0.3 is 0 Å². The Morgan fingerprint density at radius 3 is 3.00 bits per heavy atom. The predicted octanol–water partition coefficient (Wildman–Crippen LogP) is 1.72. The highest BCUT2D eigenvalue weighted by Gasteiger charge is 1.95. The molecule has 1 heterocycles. The molecule has 10 heavy (non-hydrogen) atoms. The molecule has 0 N–H and O–H groups in total. The third kappa shape index (κ3) is 2.19. The number of aromatic nitrogens is 1. The average Bonchev–Trinajstić information content (AvgIpc) is 1.88. The van der Waals surface area contributed by atoms with Crippen molar-refractivity contribution in [2.24, 2.45) is 0 Å². The number of rotatable bonds is 1. The summed E-state index contributed by atoms with van der Waals surface area (Å²) in [4.78, 5) is 15.3. The van der Waals surface area contributed by atoms with E-state index in [0.29, 0.717) is 0 Å². The molecule has 0 aliphatic heterocycles. The van der Waals surface area contributed by atoms with Gasteiger partial charge in [0.1, 0.15) is 0 Å². The van der Waals surface area contributed by atoms with Crippen LogP contribution in [0.3, 0.4) is 0 Å². The molecule has 0 amide bonds. The van der Waals surface area contributed by atoms with Crippen molar-refractivity contribution in [1.29, 1.82) is 0 Å². The first kappa shape index (κ1) is 7.28. The normalized spacial score (nSPS) is 9.30. The van der Waals surface area contributed by atoms with Crippen LogP contribution >= 0.6 is 11.8 Å². The molecule has 1 rings (SSSR count). The van der Waals surface area contributed by atoms with Gasteiger partial charge in [-0.25, -0.2) is 0 Å². The van der Waals surface area contributed by atoms with Gasteiger partial charge in [-0.05, 0) is 12.1 Å². The number of pyridine rings is 1. The van der Waals surface area contributed by atoms with E-state index in [9.17, 15) is 4.79 Å². The van der Waals surface area contributed by atoms with Crippen LogP contribution in [0.15, 0.2) is 29.4 Å². The Labute approximate surface area is 63.7 Å². The molecular formula is C7H7NOS. The maximum absolute atomic E-state index is 10.5. The van der Waals surface area contributed by atoms with Crippen LogP contribution in [-0.2, 0) is 4.79 Å². The molecule has 3 heteroatoms. The minimum absolute atomic E-state index is 0.0907. The van der Waals surface area contributed by atoms with Gasteiger partial charge in [0.25, 0.3) is 0 Å². The second-order valence-corrected chi connectivity index (χ2v) is 3.03. The fourth-order valence-corrected chi connectivity index (χ4v) is 1.17. The Morgan fingerprint density at radius 1 is 1.70 bits per heavy atom. The van der Waals surface area contributed by atoms with Crippen LogP contribution in [0.4, 0.5) is 0 Å². The SMILES string of the molecule is CC(=O)Sc1cccnc1. The van der Waals surface area contributed by atoms with Crippen molar-refractivity contribution in [2.45, 2.75) is 11.8 Å². The fourth-order valence-electron chi connectivity index (χ4n) is 0.573. The number of hydrogen-bond donors (Lipinski definition) is 0. The minimum Gasteiger partial charge on any atom is -0.287 e. The molecule has 1 aromatic rings. The molecule has 0 aliphatic carbocycles. The van der Waals surface area contributed by atoms with Gasteiger partial charge in [0.15, 0.2) is 5.12 Å². The van der Waals surface area contributed by atoms with Gasteiger partial charge in [-0.15, -0.1) is 0 Å². The highest BCUT2D eigenvalue weighted by molar-refractivity contribution is 8.13. The largest absolute Gasteiger partial charge is 0.287 e. The van der Waals surface area contributed by atoms with Gasteiger partial charge >= 0.3 is 0 Å². The first-order valence-electron chi connectivity index (χ1n) is 2.87. The van der Waals surface area contributed by atoms with Crippen molar-refractivity contribution in [2.75, 3.05) is 0 Å². The number of hydrogen-bond acceptors (Lipinski definition) is 3. The average molecular weight is 153 g/mol. The van der Waals surface area contributed by atoms with Crippen LogP contribution in [0.25, 0.3) is 0 Å². The molecule has 0 bridgehead atoms. The maximum Gasteiger partial charge on any atom is 0.190 e. The van der Waals surface area contributed by atoms with Crippen LogP contribution in [0, 0.1) is 0 Å². The van der Waals surface area contributed by atoms with Gasteiger partial charge in [0.2, 0.25) is 0 Å². The molecule has 1 aromatic heterocycles. The van der Waals surface area contributed by atoms with Crippen LogP contribution in [0.1, 0.15) is 6.92 Å². The molecule has 2 nitrogen and oxygen atoms in total. The number of thioether (sulfide) groups is 1. The topological polar surface area (TPSA) is 30.0 Å². The van der Waals surface area contributed by atoms with E-state index in [1.807, 2.05) is 12.1 Å². The summed E-state index contributed by atoms with van der Waals surface area (Å²) in [5.41, 5.74) is 0. The predicted molar refractivity (Wildman–Crippen MR) is 40.8 cm³/mol. The summed E-state index contributed by atoms with van der Waals surface area (Å²) in [5.74, 6) is 0. The van der Waals surface area contributed by atoms with Crippen molar-refractivity contribution in [3.05, 3.63) is 24.5 Å². The molecule has 0 atom stereocenters. The van der Waals surface area contributed by atoms with Crippen LogP contribution in [-0.4, -0.2) is 10.1 Å². The first-order chi connectivity index (χ1) is 4.79. The Hall–Kier alpha value is -0.830. The number of nitrogens with zero attached hydrogens (tertiary/aromatic N) is 1. The standard InChI is InChI=1S/C7H7NOS/c1-6(9)10-7-3-2-4-8-5-7/h2-5H,1H3. The van der Waals surface area contributed by atoms with Crippen molar-refractivity contribution in [3.8, 4) is 0 Å². The molecule has 0 fully saturated rings. The minimum atomic E-state index is 0.0907. The Balaban J connectivity index is 2.67. The lowest BCUT2D eigenvalue weighted by Crippen LogP contribution is -1.80. The second kappa shape index (κ2) is 3.37. The van der Waals surface area contributed by atoms with E-state index < -0.39 is 0 Å². The van der Waals surface area contributed by atoms with E-state index in [1.165, 1.54) is 18.7 Å². The molecule has 0 saturated carbocycles. The Bertz CT molecular complexity index is 222. The monoisotopic (exact) mass is 153 g/mol. The smallest absolute Gasteiger partial charge is 0.190 e. The molecule has 0 aliphatic rings. The lowest BCUT2D eigenvalue weighted by molar-refractivity contribution is -0.109. The molecular weight excluding hydrogens is 146 g/mol. The summed E-state index contributed by atoms with van der Waals surface area (Å²) in [6.45, 7) is 1.54. The molecule has 0 spiro atoms. The van der Waals surface area contributed by atoms with Crippen molar-refractivity contribution < 1.29 is 4.79 Å². The Morgan fingerprint density at radius 2 is 2.50 bits per heavy atom. The van der Waals surface area contributed by atoms with Crippen LogP contribution in [0.5, 0.6) is 0 Å². The zero-order chi connectivity index (χ0) is 7.40. The first-order valence-corrected chi connectivity index (χ1v) is 3.69. The van der Waals surface area contributed by atoms with E-state index in [0.717, 1.165) is 4.90 Å². The van der Waals surface area contributed by atoms with Gasteiger partial charge in [-0.2, -0.15) is 0 Å². The van der Waals surface area contributed by atoms with E-state index >= 15 is 0 Å². The van der Waals surface area contributed by atoms with Gasteiger partial charge in [0, 0.05) is 24.2 Å². The van der Waals surface area contributed by atoms with E-state index in [-0.39, 0.29) is 5.12 Å². The summed E-state index contributed by atoms with van der Waals surface area (Å²) in [6.07, 6.45) is 3.36.